The molecule has 0 amide bonds. The van der Waals surface area contributed by atoms with Gasteiger partial charge in [0.15, 0.2) is 0 Å². The smallest absolute Gasteiger partial charge is 0.0776 e. The first-order valence-electron chi connectivity index (χ1n) is 5.12. The zero-order chi connectivity index (χ0) is 10.1. The summed E-state index contributed by atoms with van der Waals surface area (Å²) in [6.07, 6.45) is 2.51. The van der Waals surface area contributed by atoms with Crippen LogP contribution in [0.2, 0.25) is 0 Å². The third-order valence-electron chi connectivity index (χ3n) is 2.75. The van der Waals surface area contributed by atoms with Crippen molar-refractivity contribution in [2.24, 2.45) is 5.73 Å². The average Bonchev–Trinajstić information content (AvgIpc) is 2.73. The normalized spacial score (nSPS) is 24.1. The molecule has 2 atom stereocenters. The minimum atomic E-state index is 0.0798. The molecule has 0 radical (unpaired) electrons. The maximum absolute atomic E-state index is 6.20. The Morgan fingerprint density at radius 1 is 1.57 bits per heavy atom. The van der Waals surface area contributed by atoms with Crippen LogP contribution < -0.4 is 5.73 Å². The average molecular weight is 211 g/mol. The van der Waals surface area contributed by atoms with E-state index in [0.29, 0.717) is 0 Å². The fourth-order valence-corrected chi connectivity index (χ4v) is 3.14. The largest absolute Gasteiger partial charge is 0.376 e. The van der Waals surface area contributed by atoms with Crippen molar-refractivity contribution in [1.29, 1.82) is 0 Å². The molecule has 14 heavy (non-hydrogen) atoms. The summed E-state index contributed by atoms with van der Waals surface area (Å²) < 4.78 is 5.62. The lowest BCUT2D eigenvalue weighted by Gasteiger charge is -2.17. The van der Waals surface area contributed by atoms with Crippen molar-refractivity contribution >= 4 is 11.3 Å². The summed E-state index contributed by atoms with van der Waals surface area (Å²) in [6, 6.07) is 2.28. The van der Waals surface area contributed by atoms with E-state index in [4.69, 9.17) is 10.5 Å². The Morgan fingerprint density at radius 3 is 2.86 bits per heavy atom. The third-order valence-corrected chi connectivity index (χ3v) is 4.00. The van der Waals surface area contributed by atoms with Crippen molar-refractivity contribution < 1.29 is 4.74 Å². The number of rotatable bonds is 2. The first-order chi connectivity index (χ1) is 6.68. The van der Waals surface area contributed by atoms with Crippen molar-refractivity contribution in [3.05, 3.63) is 21.4 Å². The Morgan fingerprint density at radius 2 is 2.36 bits per heavy atom. The summed E-state index contributed by atoms with van der Waals surface area (Å²) in [5.74, 6) is 0. The standard InChI is InChI=1S/C11H17NOS/c1-7-6-8(2)14-11(7)10(12)9-4-3-5-13-9/h6,9-10H,3-5,12H2,1-2H3. The van der Waals surface area contributed by atoms with Gasteiger partial charge < -0.3 is 10.5 Å². The predicted octanol–water partition coefficient (Wildman–Crippen LogP) is 2.54. The van der Waals surface area contributed by atoms with Gasteiger partial charge in [-0.3, -0.25) is 0 Å². The third kappa shape index (κ3) is 1.85. The molecule has 2 heterocycles. The van der Waals surface area contributed by atoms with Gasteiger partial charge in [0.2, 0.25) is 0 Å². The zero-order valence-electron chi connectivity index (χ0n) is 8.75. The molecule has 1 aliphatic heterocycles. The Bertz CT molecular complexity index is 315. The maximum Gasteiger partial charge on any atom is 0.0776 e. The molecule has 1 fully saturated rings. The van der Waals surface area contributed by atoms with Crippen LogP contribution in [-0.4, -0.2) is 12.7 Å². The van der Waals surface area contributed by atoms with Crippen LogP contribution in [0.25, 0.3) is 0 Å². The van der Waals surface area contributed by atoms with Gasteiger partial charge in [-0.2, -0.15) is 0 Å². The second-order valence-electron chi connectivity index (χ2n) is 3.98. The van der Waals surface area contributed by atoms with Gasteiger partial charge in [0, 0.05) is 16.4 Å². The summed E-state index contributed by atoms with van der Waals surface area (Å²) >= 11 is 1.80. The second kappa shape index (κ2) is 4.01. The van der Waals surface area contributed by atoms with Crippen LogP contribution in [0.1, 0.15) is 34.2 Å². The Hall–Kier alpha value is -0.380. The van der Waals surface area contributed by atoms with E-state index >= 15 is 0 Å². The van der Waals surface area contributed by atoms with Gasteiger partial charge in [0.1, 0.15) is 0 Å². The quantitative estimate of drug-likeness (QED) is 0.816. The van der Waals surface area contributed by atoms with Crippen molar-refractivity contribution in [2.45, 2.75) is 38.8 Å². The number of hydrogen-bond donors (Lipinski definition) is 1. The van der Waals surface area contributed by atoms with Gasteiger partial charge in [-0.15, -0.1) is 11.3 Å². The molecule has 3 heteroatoms. The number of hydrogen-bond acceptors (Lipinski definition) is 3. The van der Waals surface area contributed by atoms with E-state index in [2.05, 4.69) is 19.9 Å². The van der Waals surface area contributed by atoms with Gasteiger partial charge in [-0.25, -0.2) is 0 Å². The summed E-state index contributed by atoms with van der Waals surface area (Å²) in [7, 11) is 0. The van der Waals surface area contributed by atoms with Crippen LogP contribution in [0.15, 0.2) is 6.07 Å². The first-order valence-corrected chi connectivity index (χ1v) is 5.94. The molecule has 2 unspecified atom stereocenters. The molecular formula is C11H17NOS. The fourth-order valence-electron chi connectivity index (χ4n) is 2.04. The van der Waals surface area contributed by atoms with Gasteiger partial charge >= 0.3 is 0 Å². The molecule has 2 N–H and O–H groups in total. The molecule has 2 rings (SSSR count). The topological polar surface area (TPSA) is 35.2 Å². The summed E-state index contributed by atoms with van der Waals surface area (Å²) in [5.41, 5.74) is 7.52. The van der Waals surface area contributed by atoms with Crippen molar-refractivity contribution in [2.75, 3.05) is 6.61 Å². The van der Waals surface area contributed by atoms with E-state index in [-0.39, 0.29) is 12.1 Å². The van der Waals surface area contributed by atoms with Crippen LogP contribution >= 0.6 is 11.3 Å². The lowest BCUT2D eigenvalue weighted by molar-refractivity contribution is 0.0908. The first kappa shape index (κ1) is 10.1. The predicted molar refractivity (Wildman–Crippen MR) is 59.7 cm³/mol. The minimum absolute atomic E-state index is 0.0798. The molecule has 0 spiro atoms. The molecule has 0 aliphatic carbocycles. The van der Waals surface area contributed by atoms with E-state index in [0.717, 1.165) is 19.4 Å². The van der Waals surface area contributed by atoms with E-state index in [9.17, 15) is 0 Å². The highest BCUT2D eigenvalue weighted by Gasteiger charge is 2.26. The highest BCUT2D eigenvalue weighted by atomic mass is 32.1. The number of ether oxygens (including phenoxy) is 1. The maximum atomic E-state index is 6.20. The van der Waals surface area contributed by atoms with Crippen molar-refractivity contribution in [3.63, 3.8) is 0 Å². The summed E-state index contributed by atoms with van der Waals surface area (Å²) in [4.78, 5) is 2.64. The highest BCUT2D eigenvalue weighted by Crippen LogP contribution is 2.32. The summed E-state index contributed by atoms with van der Waals surface area (Å²) in [6.45, 7) is 5.14. The molecule has 1 aliphatic rings. The van der Waals surface area contributed by atoms with Crippen LogP contribution in [0.3, 0.4) is 0 Å². The van der Waals surface area contributed by atoms with E-state index in [1.54, 1.807) is 11.3 Å². The Balaban J connectivity index is 2.17. The van der Waals surface area contributed by atoms with E-state index < -0.39 is 0 Å². The minimum Gasteiger partial charge on any atom is -0.376 e. The van der Waals surface area contributed by atoms with Crippen molar-refractivity contribution in [3.8, 4) is 0 Å². The van der Waals surface area contributed by atoms with Gasteiger partial charge in [0.05, 0.1) is 12.1 Å². The number of thiophene rings is 1. The lowest BCUT2D eigenvalue weighted by atomic mass is 10.1. The number of aryl methyl sites for hydroxylation is 2. The van der Waals surface area contributed by atoms with Crippen LogP contribution in [-0.2, 0) is 4.74 Å². The van der Waals surface area contributed by atoms with Gasteiger partial charge in [-0.1, -0.05) is 0 Å². The molecule has 2 nitrogen and oxygen atoms in total. The van der Waals surface area contributed by atoms with Crippen LogP contribution in [0.4, 0.5) is 0 Å². The van der Waals surface area contributed by atoms with Crippen LogP contribution in [0, 0.1) is 13.8 Å². The number of nitrogens with two attached hydrogens (primary N) is 1. The van der Waals surface area contributed by atoms with Crippen molar-refractivity contribution in [1.82, 2.24) is 0 Å². The monoisotopic (exact) mass is 211 g/mol. The second-order valence-corrected chi connectivity index (χ2v) is 5.27. The van der Waals surface area contributed by atoms with Crippen LogP contribution in [0.5, 0.6) is 0 Å². The summed E-state index contributed by atoms with van der Waals surface area (Å²) in [5, 5.41) is 0. The molecular weight excluding hydrogens is 194 g/mol. The molecule has 0 saturated carbocycles. The molecule has 78 valence electrons. The highest BCUT2D eigenvalue weighted by molar-refractivity contribution is 7.12. The van der Waals surface area contributed by atoms with Gasteiger partial charge in [-0.05, 0) is 38.3 Å². The van der Waals surface area contributed by atoms with Gasteiger partial charge in [0.25, 0.3) is 0 Å². The molecule has 0 aromatic carbocycles. The SMILES string of the molecule is Cc1cc(C)c(C(N)C2CCCO2)s1. The Labute approximate surface area is 89.1 Å². The van der Waals surface area contributed by atoms with E-state index in [1.165, 1.54) is 15.3 Å². The molecule has 0 bridgehead atoms. The fraction of sp³-hybridized carbons (Fsp3) is 0.636. The lowest BCUT2D eigenvalue weighted by Crippen LogP contribution is -2.25. The Kier molecular flexibility index (Phi) is 2.91. The molecule has 1 aromatic rings. The molecule has 1 aromatic heterocycles. The zero-order valence-corrected chi connectivity index (χ0v) is 9.56. The molecule has 1 saturated heterocycles. The van der Waals surface area contributed by atoms with E-state index in [1.807, 2.05) is 0 Å².